The fourth-order valence-corrected chi connectivity index (χ4v) is 2.25. The molecule has 1 unspecified atom stereocenters. The van der Waals surface area contributed by atoms with E-state index in [-0.39, 0.29) is 5.82 Å². The number of anilines is 1. The van der Waals surface area contributed by atoms with Crippen LogP contribution in [0.4, 0.5) is 10.1 Å². The van der Waals surface area contributed by atoms with Gasteiger partial charge in [-0.3, -0.25) is 0 Å². The van der Waals surface area contributed by atoms with E-state index in [2.05, 4.69) is 5.32 Å². The molecular formula is C16H16FNO2. The normalized spacial score (nSPS) is 11.9. The molecule has 2 aromatic rings. The van der Waals surface area contributed by atoms with E-state index in [1.807, 2.05) is 32.0 Å². The third-order valence-corrected chi connectivity index (χ3v) is 3.23. The molecule has 0 radical (unpaired) electrons. The van der Waals surface area contributed by atoms with Gasteiger partial charge in [-0.1, -0.05) is 18.2 Å². The van der Waals surface area contributed by atoms with Crippen LogP contribution < -0.4 is 5.32 Å². The highest BCUT2D eigenvalue weighted by Gasteiger charge is 2.23. The molecule has 0 aliphatic rings. The van der Waals surface area contributed by atoms with E-state index in [1.165, 1.54) is 24.3 Å². The highest BCUT2D eigenvalue weighted by molar-refractivity contribution is 5.80. The van der Waals surface area contributed by atoms with Crippen molar-refractivity contribution in [2.45, 2.75) is 19.9 Å². The summed E-state index contributed by atoms with van der Waals surface area (Å²) in [7, 11) is 0. The van der Waals surface area contributed by atoms with Crippen LogP contribution in [-0.2, 0) is 4.79 Å². The van der Waals surface area contributed by atoms with Gasteiger partial charge in [-0.15, -0.1) is 0 Å². The summed E-state index contributed by atoms with van der Waals surface area (Å²) in [6.07, 6.45) is 0. The first kappa shape index (κ1) is 14.1. The van der Waals surface area contributed by atoms with Gasteiger partial charge in [0, 0.05) is 5.69 Å². The van der Waals surface area contributed by atoms with Crippen LogP contribution in [0.5, 0.6) is 0 Å². The predicted molar refractivity (Wildman–Crippen MR) is 76.3 cm³/mol. The summed E-state index contributed by atoms with van der Waals surface area (Å²) in [5, 5.41) is 12.4. The molecular weight excluding hydrogens is 257 g/mol. The Labute approximate surface area is 117 Å². The third kappa shape index (κ3) is 2.96. The number of carboxylic acid groups (broad SMARTS) is 1. The molecule has 104 valence electrons. The number of carbonyl (C=O) groups is 1. The van der Waals surface area contributed by atoms with E-state index < -0.39 is 12.0 Å². The Kier molecular flexibility index (Phi) is 4.03. The van der Waals surface area contributed by atoms with Crippen molar-refractivity contribution >= 4 is 11.7 Å². The first-order valence-corrected chi connectivity index (χ1v) is 6.30. The molecule has 2 aromatic carbocycles. The monoisotopic (exact) mass is 273 g/mol. The molecule has 0 bridgehead atoms. The van der Waals surface area contributed by atoms with Gasteiger partial charge in [-0.05, 0) is 54.8 Å². The predicted octanol–water partition coefficient (Wildman–Crippen LogP) is 3.68. The van der Waals surface area contributed by atoms with Crippen LogP contribution in [0.15, 0.2) is 42.5 Å². The lowest BCUT2D eigenvalue weighted by atomic mass is 9.96. The molecule has 0 fully saturated rings. The van der Waals surface area contributed by atoms with Crippen molar-refractivity contribution in [3.8, 4) is 0 Å². The number of aryl methyl sites for hydroxylation is 2. The first-order chi connectivity index (χ1) is 9.49. The Morgan fingerprint density at radius 2 is 1.65 bits per heavy atom. The van der Waals surface area contributed by atoms with Crippen molar-refractivity contribution in [3.05, 3.63) is 65.0 Å². The molecule has 0 aliphatic carbocycles. The SMILES string of the molecule is Cc1cccc(C)c1C(Nc1ccc(F)cc1)C(=O)O. The summed E-state index contributed by atoms with van der Waals surface area (Å²) in [4.78, 5) is 11.5. The Morgan fingerprint density at radius 3 is 2.15 bits per heavy atom. The van der Waals surface area contributed by atoms with Crippen LogP contribution in [0, 0.1) is 19.7 Å². The van der Waals surface area contributed by atoms with Gasteiger partial charge in [0.15, 0.2) is 6.04 Å². The summed E-state index contributed by atoms with van der Waals surface area (Å²) in [5.41, 5.74) is 3.13. The number of hydrogen-bond donors (Lipinski definition) is 2. The van der Waals surface area contributed by atoms with Crippen LogP contribution >= 0.6 is 0 Å². The average Bonchev–Trinajstić information content (AvgIpc) is 2.39. The molecule has 0 heterocycles. The van der Waals surface area contributed by atoms with Crippen LogP contribution in [-0.4, -0.2) is 11.1 Å². The molecule has 0 aliphatic heterocycles. The Balaban J connectivity index is 2.37. The van der Waals surface area contributed by atoms with E-state index in [9.17, 15) is 14.3 Å². The molecule has 4 heteroatoms. The minimum atomic E-state index is -0.966. The summed E-state index contributed by atoms with van der Waals surface area (Å²) >= 11 is 0. The van der Waals surface area contributed by atoms with Gasteiger partial charge >= 0.3 is 5.97 Å². The zero-order valence-corrected chi connectivity index (χ0v) is 11.4. The van der Waals surface area contributed by atoms with Crippen molar-refractivity contribution in [2.75, 3.05) is 5.32 Å². The second-order valence-electron chi connectivity index (χ2n) is 4.73. The maximum Gasteiger partial charge on any atom is 0.330 e. The highest BCUT2D eigenvalue weighted by Crippen LogP contribution is 2.26. The van der Waals surface area contributed by atoms with E-state index in [0.717, 1.165) is 16.7 Å². The number of aliphatic carboxylic acids is 1. The zero-order chi connectivity index (χ0) is 14.7. The topological polar surface area (TPSA) is 49.3 Å². The van der Waals surface area contributed by atoms with Gasteiger partial charge < -0.3 is 10.4 Å². The van der Waals surface area contributed by atoms with Crippen LogP contribution in [0.3, 0.4) is 0 Å². The van der Waals surface area contributed by atoms with Crippen LogP contribution in [0.25, 0.3) is 0 Å². The van der Waals surface area contributed by atoms with E-state index in [4.69, 9.17) is 0 Å². The molecule has 3 nitrogen and oxygen atoms in total. The molecule has 0 aromatic heterocycles. The summed E-state index contributed by atoms with van der Waals surface area (Å²) in [6.45, 7) is 3.76. The summed E-state index contributed by atoms with van der Waals surface area (Å²) in [6, 6.07) is 10.4. The van der Waals surface area contributed by atoms with Crippen molar-refractivity contribution < 1.29 is 14.3 Å². The lowest BCUT2D eigenvalue weighted by Crippen LogP contribution is -2.22. The minimum Gasteiger partial charge on any atom is -0.479 e. The van der Waals surface area contributed by atoms with Gasteiger partial charge in [-0.25, -0.2) is 9.18 Å². The summed E-state index contributed by atoms with van der Waals surface area (Å²) < 4.78 is 12.9. The second kappa shape index (κ2) is 5.74. The fraction of sp³-hybridized carbons (Fsp3) is 0.188. The molecule has 1 atom stereocenters. The highest BCUT2D eigenvalue weighted by atomic mass is 19.1. The lowest BCUT2D eigenvalue weighted by molar-refractivity contribution is -0.138. The largest absolute Gasteiger partial charge is 0.479 e. The van der Waals surface area contributed by atoms with E-state index >= 15 is 0 Å². The molecule has 0 amide bonds. The number of rotatable bonds is 4. The number of benzene rings is 2. The van der Waals surface area contributed by atoms with E-state index in [1.54, 1.807) is 0 Å². The maximum atomic E-state index is 12.9. The van der Waals surface area contributed by atoms with Crippen molar-refractivity contribution in [2.24, 2.45) is 0 Å². The molecule has 2 rings (SSSR count). The quantitative estimate of drug-likeness (QED) is 0.893. The van der Waals surface area contributed by atoms with Crippen LogP contribution in [0.1, 0.15) is 22.7 Å². The van der Waals surface area contributed by atoms with Crippen molar-refractivity contribution in [1.82, 2.24) is 0 Å². The molecule has 20 heavy (non-hydrogen) atoms. The van der Waals surface area contributed by atoms with Gasteiger partial charge in [0.1, 0.15) is 5.82 Å². The standard InChI is InChI=1S/C16H16FNO2/c1-10-4-3-5-11(2)14(10)15(16(19)20)18-13-8-6-12(17)7-9-13/h3-9,15,18H,1-2H3,(H,19,20). The molecule has 0 spiro atoms. The molecule has 0 saturated carbocycles. The van der Waals surface area contributed by atoms with Gasteiger partial charge in [0.2, 0.25) is 0 Å². The number of nitrogens with one attached hydrogen (secondary N) is 1. The number of hydrogen-bond acceptors (Lipinski definition) is 2. The first-order valence-electron chi connectivity index (χ1n) is 6.30. The minimum absolute atomic E-state index is 0.352. The summed E-state index contributed by atoms with van der Waals surface area (Å²) in [5.74, 6) is -1.32. The Morgan fingerprint density at radius 1 is 1.10 bits per heavy atom. The molecule has 2 N–H and O–H groups in total. The van der Waals surface area contributed by atoms with Gasteiger partial charge in [0.25, 0.3) is 0 Å². The lowest BCUT2D eigenvalue weighted by Gasteiger charge is -2.20. The third-order valence-electron chi connectivity index (χ3n) is 3.23. The smallest absolute Gasteiger partial charge is 0.330 e. The van der Waals surface area contributed by atoms with Gasteiger partial charge in [0.05, 0.1) is 0 Å². The maximum absolute atomic E-state index is 12.9. The van der Waals surface area contributed by atoms with Crippen molar-refractivity contribution in [1.29, 1.82) is 0 Å². The van der Waals surface area contributed by atoms with Gasteiger partial charge in [-0.2, -0.15) is 0 Å². The Bertz CT molecular complexity index is 603. The van der Waals surface area contributed by atoms with E-state index in [0.29, 0.717) is 5.69 Å². The number of carboxylic acids is 1. The number of halogens is 1. The van der Waals surface area contributed by atoms with Crippen molar-refractivity contribution in [3.63, 3.8) is 0 Å². The zero-order valence-electron chi connectivity index (χ0n) is 11.4. The average molecular weight is 273 g/mol. The fourth-order valence-electron chi connectivity index (χ4n) is 2.25. The second-order valence-corrected chi connectivity index (χ2v) is 4.73. The Hall–Kier alpha value is -2.36. The molecule has 0 saturated heterocycles. The van der Waals surface area contributed by atoms with Crippen LogP contribution in [0.2, 0.25) is 0 Å².